The molecular weight excluding hydrogens is 403 g/mol. The maximum absolute atomic E-state index is 12.7. The normalized spacial score (nSPS) is 16.9. The van der Waals surface area contributed by atoms with Gasteiger partial charge in [0.05, 0.1) is 22.7 Å². The fourth-order valence-corrected chi connectivity index (χ4v) is 3.79. The Kier molecular flexibility index (Phi) is 8.40. The smallest absolute Gasteiger partial charge is 0.407 e. The molecule has 0 heterocycles. The van der Waals surface area contributed by atoms with Crippen LogP contribution in [0.1, 0.15) is 52.9 Å². The van der Waals surface area contributed by atoms with Gasteiger partial charge in [-0.05, 0) is 38.8 Å². The van der Waals surface area contributed by atoms with Crippen LogP contribution in [0.2, 0.25) is 10.0 Å². The van der Waals surface area contributed by atoms with E-state index in [9.17, 15) is 9.59 Å². The van der Waals surface area contributed by atoms with Crippen molar-refractivity contribution in [3.05, 3.63) is 22.2 Å². The number of hydrogen-bond donors (Lipinski definition) is 2. The van der Waals surface area contributed by atoms with Crippen LogP contribution >= 0.6 is 23.2 Å². The highest BCUT2D eigenvalue weighted by Crippen LogP contribution is 2.39. The van der Waals surface area contributed by atoms with Crippen molar-refractivity contribution in [2.45, 2.75) is 58.9 Å². The summed E-state index contributed by atoms with van der Waals surface area (Å²) < 4.78 is 10.5. The summed E-state index contributed by atoms with van der Waals surface area (Å²) in [7, 11) is 0. The molecule has 6 nitrogen and oxygen atoms in total. The Labute approximate surface area is 176 Å². The molecular formula is C20H28Cl2N2O4. The van der Waals surface area contributed by atoms with Crippen LogP contribution < -0.4 is 15.4 Å². The van der Waals surface area contributed by atoms with Crippen LogP contribution in [0, 0.1) is 5.41 Å². The first-order valence-electron chi connectivity index (χ1n) is 9.61. The van der Waals surface area contributed by atoms with Gasteiger partial charge in [-0.2, -0.15) is 0 Å². The molecule has 1 atom stereocenters. The predicted molar refractivity (Wildman–Crippen MR) is 111 cm³/mol. The number of hydrogen-bond acceptors (Lipinski definition) is 4. The summed E-state index contributed by atoms with van der Waals surface area (Å²) >= 11 is 12.5. The van der Waals surface area contributed by atoms with Gasteiger partial charge in [-0.25, -0.2) is 4.79 Å². The second-order valence-corrected chi connectivity index (χ2v) is 8.25. The van der Waals surface area contributed by atoms with Gasteiger partial charge >= 0.3 is 6.09 Å². The molecule has 1 aliphatic rings. The van der Waals surface area contributed by atoms with Gasteiger partial charge in [-0.3, -0.25) is 4.79 Å². The fraction of sp³-hybridized carbons (Fsp3) is 0.600. The summed E-state index contributed by atoms with van der Waals surface area (Å²) in [6, 6.07) is 2.84. The fourth-order valence-electron chi connectivity index (χ4n) is 3.23. The number of rotatable bonds is 7. The maximum Gasteiger partial charge on any atom is 0.412 e. The minimum absolute atomic E-state index is 0.0458. The molecule has 0 aliphatic heterocycles. The van der Waals surface area contributed by atoms with E-state index < -0.39 is 6.09 Å². The van der Waals surface area contributed by atoms with Crippen molar-refractivity contribution in [3.8, 4) is 5.75 Å². The lowest BCUT2D eigenvalue weighted by Crippen LogP contribution is -2.37. The number of carbonyl (C=O) groups is 2. The quantitative estimate of drug-likeness (QED) is 0.605. The van der Waals surface area contributed by atoms with Crippen LogP contribution in [-0.2, 0) is 9.53 Å². The zero-order valence-electron chi connectivity index (χ0n) is 16.6. The minimum atomic E-state index is -0.678. The van der Waals surface area contributed by atoms with Crippen LogP contribution in [0.5, 0.6) is 5.75 Å². The first kappa shape index (κ1) is 22.8. The highest BCUT2D eigenvalue weighted by molar-refractivity contribution is 6.38. The number of nitrogens with one attached hydrogen (secondary N) is 2. The van der Waals surface area contributed by atoms with Crippen LogP contribution in [-0.4, -0.2) is 31.3 Å². The van der Waals surface area contributed by atoms with E-state index in [0.717, 1.165) is 32.1 Å². The summed E-state index contributed by atoms with van der Waals surface area (Å²) in [4.78, 5) is 24.7. The summed E-state index contributed by atoms with van der Waals surface area (Å²) in [5, 5.41) is 5.81. The number of amides is 2. The molecule has 0 saturated heterocycles. The molecule has 0 aromatic heterocycles. The number of benzene rings is 1. The van der Waals surface area contributed by atoms with Gasteiger partial charge in [0.2, 0.25) is 5.91 Å². The van der Waals surface area contributed by atoms with Crippen molar-refractivity contribution < 1.29 is 19.1 Å². The summed E-state index contributed by atoms with van der Waals surface area (Å²) in [6.07, 6.45) is 4.31. The number of ether oxygens (including phenoxy) is 2. The maximum atomic E-state index is 12.7. The van der Waals surface area contributed by atoms with E-state index in [1.54, 1.807) is 6.92 Å². The highest BCUT2D eigenvalue weighted by Gasteiger charge is 2.34. The monoisotopic (exact) mass is 430 g/mol. The lowest BCUT2D eigenvalue weighted by atomic mass is 9.75. The molecule has 2 N–H and O–H groups in total. The molecule has 0 bridgehead atoms. The van der Waals surface area contributed by atoms with E-state index in [4.69, 9.17) is 32.7 Å². The van der Waals surface area contributed by atoms with Crippen molar-refractivity contribution >= 4 is 40.9 Å². The van der Waals surface area contributed by atoms with Crippen molar-refractivity contribution in [1.82, 2.24) is 5.32 Å². The number of halogens is 2. The van der Waals surface area contributed by atoms with E-state index in [1.165, 1.54) is 12.1 Å². The minimum Gasteiger partial charge on any atom is -0.407 e. The first-order valence-corrected chi connectivity index (χ1v) is 10.4. The molecule has 0 radical (unpaired) electrons. The van der Waals surface area contributed by atoms with Crippen LogP contribution in [0.25, 0.3) is 0 Å². The lowest BCUT2D eigenvalue weighted by molar-refractivity contribution is -0.126. The molecule has 1 saturated carbocycles. The molecule has 1 fully saturated rings. The summed E-state index contributed by atoms with van der Waals surface area (Å²) in [5.41, 5.74) is 0.0902. The molecule has 1 unspecified atom stereocenters. The van der Waals surface area contributed by atoms with Crippen molar-refractivity contribution in [1.29, 1.82) is 0 Å². The molecule has 2 rings (SSSR count). The Morgan fingerprint density at radius 2 is 1.79 bits per heavy atom. The van der Waals surface area contributed by atoms with E-state index in [-0.39, 0.29) is 33.2 Å². The van der Waals surface area contributed by atoms with Crippen molar-refractivity contribution in [2.75, 3.05) is 18.5 Å². The third kappa shape index (κ3) is 6.26. The van der Waals surface area contributed by atoms with Crippen molar-refractivity contribution in [2.24, 2.45) is 5.41 Å². The summed E-state index contributed by atoms with van der Waals surface area (Å²) in [5.74, 6) is 0.00168. The second-order valence-electron chi connectivity index (χ2n) is 7.44. The Balaban J connectivity index is 2.02. The standard InChI is InChI=1S/C20H28Cl2N2O4/c1-4-27-12-13(2)23-19(26)28-17-15(21)10-14(11-16(17)22)24-18(25)20(3)8-6-5-7-9-20/h10-11,13H,4-9,12H2,1-3H3,(H,23,26)(H,24,25). The van der Waals surface area contributed by atoms with Gasteiger partial charge in [-0.1, -0.05) is 49.4 Å². The average Bonchev–Trinajstić information content (AvgIpc) is 2.63. The molecule has 28 heavy (non-hydrogen) atoms. The molecule has 1 aromatic carbocycles. The SMILES string of the molecule is CCOCC(C)NC(=O)Oc1c(Cl)cc(NC(=O)C2(C)CCCCC2)cc1Cl. The van der Waals surface area contributed by atoms with Gasteiger partial charge in [0.15, 0.2) is 5.75 Å². The predicted octanol–water partition coefficient (Wildman–Crippen LogP) is 5.42. The van der Waals surface area contributed by atoms with E-state index in [2.05, 4.69) is 10.6 Å². The molecule has 0 spiro atoms. The molecule has 1 aromatic rings. The Hall–Kier alpha value is -1.50. The molecule has 1 aliphatic carbocycles. The zero-order chi connectivity index (χ0) is 20.7. The topological polar surface area (TPSA) is 76.7 Å². The lowest BCUT2D eigenvalue weighted by Gasteiger charge is -2.32. The van der Waals surface area contributed by atoms with Gasteiger partial charge < -0.3 is 20.1 Å². The Morgan fingerprint density at radius 1 is 1.18 bits per heavy atom. The Bertz CT molecular complexity index is 682. The number of carbonyl (C=O) groups excluding carboxylic acids is 2. The van der Waals surface area contributed by atoms with Crippen LogP contribution in [0.15, 0.2) is 12.1 Å². The largest absolute Gasteiger partial charge is 0.412 e. The highest BCUT2D eigenvalue weighted by atomic mass is 35.5. The van der Waals surface area contributed by atoms with E-state index in [1.807, 2.05) is 13.8 Å². The number of anilines is 1. The summed E-state index contributed by atoms with van der Waals surface area (Å²) in [6.45, 7) is 6.59. The van der Waals surface area contributed by atoms with Gasteiger partial charge in [0.1, 0.15) is 0 Å². The van der Waals surface area contributed by atoms with Crippen LogP contribution in [0.3, 0.4) is 0 Å². The van der Waals surface area contributed by atoms with Crippen LogP contribution in [0.4, 0.5) is 10.5 Å². The molecule has 2 amide bonds. The van der Waals surface area contributed by atoms with Gasteiger partial charge in [0, 0.05) is 17.7 Å². The third-order valence-corrected chi connectivity index (χ3v) is 5.45. The van der Waals surface area contributed by atoms with Gasteiger partial charge in [-0.15, -0.1) is 0 Å². The first-order chi connectivity index (χ1) is 13.2. The zero-order valence-corrected chi connectivity index (χ0v) is 18.1. The van der Waals surface area contributed by atoms with Crippen molar-refractivity contribution in [3.63, 3.8) is 0 Å². The Morgan fingerprint density at radius 3 is 2.36 bits per heavy atom. The van der Waals surface area contributed by atoms with Gasteiger partial charge in [0.25, 0.3) is 0 Å². The average molecular weight is 431 g/mol. The second kappa shape index (κ2) is 10.3. The van der Waals surface area contributed by atoms with E-state index in [0.29, 0.717) is 18.9 Å². The third-order valence-electron chi connectivity index (χ3n) is 4.89. The molecule has 8 heteroatoms. The molecule has 156 valence electrons. The van der Waals surface area contributed by atoms with E-state index >= 15 is 0 Å².